The second kappa shape index (κ2) is 8.00. The molecule has 2 atom stereocenters. The molecule has 0 spiro atoms. The van der Waals surface area contributed by atoms with E-state index in [4.69, 9.17) is 5.11 Å². The lowest BCUT2D eigenvalue weighted by molar-refractivity contribution is -0.125. The molecule has 0 fully saturated rings. The second-order valence-electron chi connectivity index (χ2n) is 5.57. The summed E-state index contributed by atoms with van der Waals surface area (Å²) in [5.41, 5.74) is 0.554. The quantitative estimate of drug-likeness (QED) is 0.807. The van der Waals surface area contributed by atoms with Crippen molar-refractivity contribution in [1.29, 1.82) is 0 Å². The van der Waals surface area contributed by atoms with Gasteiger partial charge in [0, 0.05) is 18.6 Å². The number of amides is 1. The molecule has 2 unspecified atom stereocenters. The standard InChI is InChI=1S/C16H24FNO2/c1-11(2)15(8-9-19)18-16(20)12(3)10-13-6-4-5-7-14(13)17/h4-7,11-12,15,19H,8-10H2,1-3H3,(H,18,20). The number of rotatable bonds is 7. The third kappa shape index (κ3) is 4.93. The Bertz CT molecular complexity index is 434. The number of benzene rings is 1. The van der Waals surface area contributed by atoms with Crippen molar-refractivity contribution in [1.82, 2.24) is 5.32 Å². The van der Waals surface area contributed by atoms with Crippen molar-refractivity contribution in [3.63, 3.8) is 0 Å². The minimum absolute atomic E-state index is 0.0458. The number of carbonyl (C=O) groups excluding carboxylic acids is 1. The summed E-state index contributed by atoms with van der Waals surface area (Å²) in [6.07, 6.45) is 0.915. The van der Waals surface area contributed by atoms with E-state index in [1.54, 1.807) is 25.1 Å². The zero-order valence-electron chi connectivity index (χ0n) is 12.4. The van der Waals surface area contributed by atoms with Crippen LogP contribution in [0.25, 0.3) is 0 Å². The molecule has 0 aliphatic carbocycles. The molecule has 0 radical (unpaired) electrons. The van der Waals surface area contributed by atoms with E-state index in [9.17, 15) is 9.18 Å². The van der Waals surface area contributed by atoms with Gasteiger partial charge in [0.1, 0.15) is 5.82 Å². The van der Waals surface area contributed by atoms with Gasteiger partial charge in [-0.3, -0.25) is 4.79 Å². The first-order valence-corrected chi connectivity index (χ1v) is 7.10. The predicted molar refractivity (Wildman–Crippen MR) is 77.7 cm³/mol. The van der Waals surface area contributed by atoms with Crippen LogP contribution in [0.3, 0.4) is 0 Å². The maximum absolute atomic E-state index is 13.6. The molecular formula is C16H24FNO2. The van der Waals surface area contributed by atoms with Gasteiger partial charge >= 0.3 is 0 Å². The van der Waals surface area contributed by atoms with Crippen molar-refractivity contribution >= 4 is 5.91 Å². The van der Waals surface area contributed by atoms with E-state index in [1.165, 1.54) is 6.07 Å². The predicted octanol–water partition coefficient (Wildman–Crippen LogP) is 2.53. The van der Waals surface area contributed by atoms with Gasteiger partial charge in [-0.15, -0.1) is 0 Å². The summed E-state index contributed by atoms with van der Waals surface area (Å²) in [7, 11) is 0. The SMILES string of the molecule is CC(Cc1ccccc1F)C(=O)NC(CCO)C(C)C. The fourth-order valence-corrected chi connectivity index (χ4v) is 2.12. The highest BCUT2D eigenvalue weighted by atomic mass is 19.1. The van der Waals surface area contributed by atoms with Crippen molar-refractivity contribution < 1.29 is 14.3 Å². The summed E-state index contributed by atoms with van der Waals surface area (Å²) >= 11 is 0. The van der Waals surface area contributed by atoms with E-state index in [0.29, 0.717) is 18.4 Å². The summed E-state index contributed by atoms with van der Waals surface area (Å²) in [6.45, 7) is 5.84. The summed E-state index contributed by atoms with van der Waals surface area (Å²) in [5, 5.41) is 11.9. The lowest BCUT2D eigenvalue weighted by atomic mass is 9.97. The first-order valence-electron chi connectivity index (χ1n) is 7.10. The van der Waals surface area contributed by atoms with Gasteiger partial charge in [0.05, 0.1) is 0 Å². The molecular weight excluding hydrogens is 257 g/mol. The van der Waals surface area contributed by atoms with E-state index in [0.717, 1.165) is 0 Å². The number of nitrogens with one attached hydrogen (secondary N) is 1. The number of halogens is 1. The van der Waals surface area contributed by atoms with Crippen LogP contribution in [-0.2, 0) is 11.2 Å². The molecule has 3 nitrogen and oxygen atoms in total. The molecule has 4 heteroatoms. The van der Waals surface area contributed by atoms with Gasteiger partial charge in [-0.25, -0.2) is 4.39 Å². The van der Waals surface area contributed by atoms with Gasteiger partial charge in [-0.05, 0) is 30.4 Å². The molecule has 1 aromatic carbocycles. The fraction of sp³-hybridized carbons (Fsp3) is 0.562. The molecule has 0 heterocycles. The minimum Gasteiger partial charge on any atom is -0.396 e. The van der Waals surface area contributed by atoms with Crippen molar-refractivity contribution in [2.24, 2.45) is 11.8 Å². The highest BCUT2D eigenvalue weighted by Gasteiger charge is 2.20. The third-order valence-electron chi connectivity index (χ3n) is 3.50. The highest BCUT2D eigenvalue weighted by molar-refractivity contribution is 5.78. The van der Waals surface area contributed by atoms with Gasteiger partial charge in [0.25, 0.3) is 0 Å². The number of aliphatic hydroxyl groups excluding tert-OH is 1. The van der Waals surface area contributed by atoms with E-state index in [-0.39, 0.29) is 36.2 Å². The van der Waals surface area contributed by atoms with E-state index in [2.05, 4.69) is 5.32 Å². The Morgan fingerprint density at radius 3 is 2.50 bits per heavy atom. The van der Waals surface area contributed by atoms with Crippen molar-refractivity contribution in [2.75, 3.05) is 6.61 Å². The van der Waals surface area contributed by atoms with Gasteiger partial charge in [-0.1, -0.05) is 39.0 Å². The Balaban J connectivity index is 2.60. The van der Waals surface area contributed by atoms with Crippen LogP contribution < -0.4 is 5.32 Å². The Morgan fingerprint density at radius 1 is 1.30 bits per heavy atom. The maximum Gasteiger partial charge on any atom is 0.223 e. The zero-order chi connectivity index (χ0) is 15.1. The van der Waals surface area contributed by atoms with Crippen LogP contribution in [-0.4, -0.2) is 23.7 Å². The molecule has 0 bridgehead atoms. The number of hydrogen-bond acceptors (Lipinski definition) is 2. The van der Waals surface area contributed by atoms with Gasteiger partial charge in [0.15, 0.2) is 0 Å². The normalized spacial score (nSPS) is 14.1. The van der Waals surface area contributed by atoms with Crippen molar-refractivity contribution in [3.05, 3.63) is 35.6 Å². The Labute approximate surface area is 120 Å². The summed E-state index contributed by atoms with van der Waals surface area (Å²) in [6, 6.07) is 6.47. The van der Waals surface area contributed by atoms with Crippen LogP contribution >= 0.6 is 0 Å². The summed E-state index contributed by atoms with van der Waals surface area (Å²) in [4.78, 5) is 12.1. The number of carbonyl (C=O) groups is 1. The molecule has 1 rings (SSSR count). The smallest absolute Gasteiger partial charge is 0.223 e. The van der Waals surface area contributed by atoms with Crippen LogP contribution in [0.15, 0.2) is 24.3 Å². The molecule has 20 heavy (non-hydrogen) atoms. The zero-order valence-corrected chi connectivity index (χ0v) is 12.4. The van der Waals surface area contributed by atoms with Crippen molar-refractivity contribution in [2.45, 2.75) is 39.7 Å². The number of aliphatic hydroxyl groups is 1. The van der Waals surface area contributed by atoms with Gasteiger partial charge in [-0.2, -0.15) is 0 Å². The Hall–Kier alpha value is -1.42. The van der Waals surface area contributed by atoms with Crippen LogP contribution in [0, 0.1) is 17.7 Å². The average Bonchev–Trinajstić information content (AvgIpc) is 2.40. The molecule has 2 N–H and O–H groups in total. The first-order chi connectivity index (χ1) is 9.45. The number of hydrogen-bond donors (Lipinski definition) is 2. The molecule has 1 amide bonds. The molecule has 112 valence electrons. The molecule has 0 saturated heterocycles. The van der Waals surface area contributed by atoms with Gasteiger partial charge < -0.3 is 10.4 Å². The van der Waals surface area contributed by atoms with Crippen LogP contribution in [0.2, 0.25) is 0 Å². The van der Waals surface area contributed by atoms with Crippen LogP contribution in [0.5, 0.6) is 0 Å². The highest BCUT2D eigenvalue weighted by Crippen LogP contribution is 2.14. The minimum atomic E-state index is -0.299. The topological polar surface area (TPSA) is 49.3 Å². The molecule has 0 saturated carbocycles. The monoisotopic (exact) mass is 281 g/mol. The van der Waals surface area contributed by atoms with Crippen molar-refractivity contribution in [3.8, 4) is 0 Å². The van der Waals surface area contributed by atoms with Gasteiger partial charge in [0.2, 0.25) is 5.91 Å². The van der Waals surface area contributed by atoms with E-state index < -0.39 is 0 Å². The Morgan fingerprint density at radius 2 is 1.95 bits per heavy atom. The maximum atomic E-state index is 13.6. The van der Waals surface area contributed by atoms with Crippen LogP contribution in [0.1, 0.15) is 32.8 Å². The molecule has 1 aromatic rings. The molecule has 0 aliphatic rings. The summed E-state index contributed by atoms with van der Waals surface area (Å²) in [5.74, 6) is -0.415. The first kappa shape index (κ1) is 16.6. The fourth-order valence-electron chi connectivity index (χ4n) is 2.12. The average molecular weight is 281 g/mol. The summed E-state index contributed by atoms with van der Waals surface area (Å²) < 4.78 is 13.6. The molecule has 0 aromatic heterocycles. The second-order valence-corrected chi connectivity index (χ2v) is 5.57. The van der Waals surface area contributed by atoms with E-state index in [1.807, 2.05) is 13.8 Å². The van der Waals surface area contributed by atoms with Crippen LogP contribution in [0.4, 0.5) is 4.39 Å². The van der Waals surface area contributed by atoms with E-state index >= 15 is 0 Å². The lowest BCUT2D eigenvalue weighted by Crippen LogP contribution is -2.42. The molecule has 0 aliphatic heterocycles. The largest absolute Gasteiger partial charge is 0.396 e. The third-order valence-corrected chi connectivity index (χ3v) is 3.50. The lowest BCUT2D eigenvalue weighted by Gasteiger charge is -2.23. The Kier molecular flexibility index (Phi) is 6.65.